The predicted octanol–water partition coefficient (Wildman–Crippen LogP) is 2.16. The minimum absolute atomic E-state index is 0.112. The van der Waals surface area contributed by atoms with Gasteiger partial charge in [0.1, 0.15) is 23.7 Å². The third kappa shape index (κ3) is 3.38. The standard InChI is InChI=1S/C21H17ClN10O/c1-28-8-16(6-24-28)15-5-19-21(33)29(13-27-32(19)11-15)2-3-30-9-17(7-25-30)14-4-18-20(22)23-12-26-31(18)10-14/h4-13H,2-3H2,1H3. The summed E-state index contributed by atoms with van der Waals surface area (Å²) in [6.45, 7) is 0.952. The Morgan fingerprint density at radius 2 is 1.55 bits per heavy atom. The van der Waals surface area contributed by atoms with Crippen LogP contribution in [0.1, 0.15) is 0 Å². The normalized spacial score (nSPS) is 11.7. The summed E-state index contributed by atoms with van der Waals surface area (Å²) in [6.07, 6.45) is 14.0. The maximum Gasteiger partial charge on any atom is 0.277 e. The molecule has 0 unspecified atom stereocenters. The molecule has 164 valence electrons. The fourth-order valence-electron chi connectivity index (χ4n) is 3.82. The number of nitrogens with zero attached hydrogens (tertiary/aromatic N) is 10. The molecule has 0 saturated carbocycles. The average molecular weight is 461 g/mol. The molecule has 0 aliphatic heterocycles. The van der Waals surface area contributed by atoms with Gasteiger partial charge in [0.15, 0.2) is 5.15 Å². The Balaban J connectivity index is 1.23. The van der Waals surface area contributed by atoms with E-state index in [-0.39, 0.29) is 5.56 Å². The Hall–Kier alpha value is -4.25. The van der Waals surface area contributed by atoms with Gasteiger partial charge in [-0.1, -0.05) is 11.6 Å². The minimum Gasteiger partial charge on any atom is -0.294 e. The summed E-state index contributed by atoms with van der Waals surface area (Å²) in [7, 11) is 1.85. The summed E-state index contributed by atoms with van der Waals surface area (Å²) in [4.78, 5) is 17.0. The van der Waals surface area contributed by atoms with Crippen LogP contribution >= 0.6 is 11.6 Å². The van der Waals surface area contributed by atoms with Crippen LogP contribution in [0.25, 0.3) is 33.3 Å². The highest BCUT2D eigenvalue weighted by Crippen LogP contribution is 2.24. The van der Waals surface area contributed by atoms with Crippen LogP contribution in [0.15, 0.2) is 66.8 Å². The summed E-state index contributed by atoms with van der Waals surface area (Å²) in [5, 5.41) is 17.6. The second-order valence-corrected chi connectivity index (χ2v) is 8.05. The maximum atomic E-state index is 13.0. The highest BCUT2D eigenvalue weighted by atomic mass is 35.5. The molecule has 0 amide bonds. The van der Waals surface area contributed by atoms with E-state index in [1.54, 1.807) is 41.7 Å². The van der Waals surface area contributed by atoms with Crippen molar-refractivity contribution in [3.05, 3.63) is 77.5 Å². The van der Waals surface area contributed by atoms with Crippen molar-refractivity contribution in [2.24, 2.45) is 7.05 Å². The highest BCUT2D eigenvalue weighted by Gasteiger charge is 2.11. The molecule has 0 saturated heterocycles. The molecular weight excluding hydrogens is 444 g/mol. The molecule has 12 heteroatoms. The molecule has 0 aromatic carbocycles. The molecule has 0 fully saturated rings. The third-order valence-corrected chi connectivity index (χ3v) is 5.82. The number of aromatic nitrogens is 10. The third-order valence-electron chi connectivity index (χ3n) is 5.53. The lowest BCUT2D eigenvalue weighted by Crippen LogP contribution is -2.24. The van der Waals surface area contributed by atoms with Gasteiger partial charge in [-0.05, 0) is 12.1 Å². The van der Waals surface area contributed by atoms with Gasteiger partial charge in [0, 0.05) is 60.6 Å². The van der Waals surface area contributed by atoms with Crippen molar-refractivity contribution in [2.45, 2.75) is 13.1 Å². The SMILES string of the molecule is Cn1cc(-c2cc3c(=O)n(CCn4cc(-c5cc6c(Cl)ncnn6c5)cn4)cnn3c2)cn1. The molecule has 0 bridgehead atoms. The molecule has 11 nitrogen and oxygen atoms in total. The number of hydrogen-bond donors (Lipinski definition) is 0. The summed E-state index contributed by atoms with van der Waals surface area (Å²) < 4.78 is 8.38. The molecule has 6 rings (SSSR count). The minimum atomic E-state index is -0.112. The second kappa shape index (κ2) is 7.41. The Bertz CT molecular complexity index is 1680. The monoisotopic (exact) mass is 460 g/mol. The molecule has 6 heterocycles. The zero-order valence-corrected chi connectivity index (χ0v) is 18.2. The zero-order valence-electron chi connectivity index (χ0n) is 17.4. The lowest BCUT2D eigenvalue weighted by atomic mass is 10.2. The summed E-state index contributed by atoms with van der Waals surface area (Å²) in [5.41, 5.74) is 4.81. The molecule has 0 aliphatic rings. The topological polar surface area (TPSA) is 105 Å². The number of aryl methyl sites for hydroxylation is 3. The molecule has 0 radical (unpaired) electrons. The van der Waals surface area contributed by atoms with Gasteiger partial charge in [0.25, 0.3) is 5.56 Å². The van der Waals surface area contributed by atoms with Gasteiger partial charge in [-0.25, -0.2) is 14.0 Å². The molecular formula is C21H17ClN10O. The van der Waals surface area contributed by atoms with Crippen molar-refractivity contribution in [2.75, 3.05) is 0 Å². The molecule has 33 heavy (non-hydrogen) atoms. The quantitative estimate of drug-likeness (QED) is 0.390. The number of rotatable bonds is 5. The van der Waals surface area contributed by atoms with Gasteiger partial charge < -0.3 is 0 Å². The van der Waals surface area contributed by atoms with Crippen molar-refractivity contribution in [3.8, 4) is 22.3 Å². The Labute approximate surface area is 191 Å². The first-order chi connectivity index (χ1) is 16.0. The van der Waals surface area contributed by atoms with Crippen LogP contribution < -0.4 is 5.56 Å². The number of fused-ring (bicyclic) bond motifs is 2. The largest absolute Gasteiger partial charge is 0.294 e. The van der Waals surface area contributed by atoms with Crippen LogP contribution in [-0.2, 0) is 20.1 Å². The second-order valence-electron chi connectivity index (χ2n) is 7.69. The number of hydrogen-bond acceptors (Lipinski definition) is 6. The van der Waals surface area contributed by atoms with Gasteiger partial charge in [-0.2, -0.15) is 20.4 Å². The van der Waals surface area contributed by atoms with Crippen LogP contribution in [0.3, 0.4) is 0 Å². The molecule has 0 spiro atoms. The van der Waals surface area contributed by atoms with Crippen LogP contribution in [0.4, 0.5) is 0 Å². The Morgan fingerprint density at radius 1 is 0.818 bits per heavy atom. The Kier molecular flexibility index (Phi) is 4.37. The summed E-state index contributed by atoms with van der Waals surface area (Å²) in [5.74, 6) is 0. The fraction of sp³-hybridized carbons (Fsp3) is 0.143. The van der Waals surface area contributed by atoms with Crippen LogP contribution in [-0.4, -0.2) is 48.3 Å². The maximum absolute atomic E-state index is 13.0. The molecule has 0 aliphatic carbocycles. The first-order valence-electron chi connectivity index (χ1n) is 10.1. The lowest BCUT2D eigenvalue weighted by Gasteiger charge is -2.05. The van der Waals surface area contributed by atoms with E-state index >= 15 is 0 Å². The van der Waals surface area contributed by atoms with Gasteiger partial charge in [-0.15, -0.1) is 0 Å². The van der Waals surface area contributed by atoms with Gasteiger partial charge >= 0.3 is 0 Å². The van der Waals surface area contributed by atoms with E-state index in [9.17, 15) is 4.79 Å². The van der Waals surface area contributed by atoms with Crippen molar-refractivity contribution in [1.29, 1.82) is 0 Å². The van der Waals surface area contributed by atoms with E-state index in [2.05, 4.69) is 25.4 Å². The van der Waals surface area contributed by atoms with Gasteiger partial charge in [0.2, 0.25) is 0 Å². The highest BCUT2D eigenvalue weighted by molar-refractivity contribution is 6.32. The van der Waals surface area contributed by atoms with Crippen LogP contribution in [0.5, 0.6) is 0 Å². The van der Waals surface area contributed by atoms with Crippen LogP contribution in [0.2, 0.25) is 5.15 Å². The van der Waals surface area contributed by atoms with Crippen molar-refractivity contribution in [3.63, 3.8) is 0 Å². The first kappa shape index (κ1) is 19.4. The molecule has 0 atom stereocenters. The summed E-state index contributed by atoms with van der Waals surface area (Å²) in [6, 6.07) is 3.75. The summed E-state index contributed by atoms with van der Waals surface area (Å²) >= 11 is 6.14. The van der Waals surface area contributed by atoms with Gasteiger partial charge in [-0.3, -0.25) is 18.7 Å². The average Bonchev–Trinajstić information content (AvgIpc) is 3.58. The predicted molar refractivity (Wildman–Crippen MR) is 121 cm³/mol. The van der Waals surface area contributed by atoms with Crippen molar-refractivity contribution < 1.29 is 0 Å². The van der Waals surface area contributed by atoms with Crippen molar-refractivity contribution in [1.82, 2.24) is 48.3 Å². The van der Waals surface area contributed by atoms with E-state index in [1.165, 1.54) is 6.33 Å². The van der Waals surface area contributed by atoms with E-state index < -0.39 is 0 Å². The molecule has 0 N–H and O–H groups in total. The molecule has 6 aromatic rings. The molecule has 6 aromatic heterocycles. The Morgan fingerprint density at radius 3 is 2.30 bits per heavy atom. The van der Waals surface area contributed by atoms with E-state index in [0.717, 1.165) is 27.8 Å². The van der Waals surface area contributed by atoms with Gasteiger partial charge in [0.05, 0.1) is 18.9 Å². The smallest absolute Gasteiger partial charge is 0.277 e. The van der Waals surface area contributed by atoms with Crippen molar-refractivity contribution >= 4 is 22.6 Å². The van der Waals surface area contributed by atoms with E-state index in [0.29, 0.717) is 23.8 Å². The lowest BCUT2D eigenvalue weighted by molar-refractivity contribution is 0.515. The van der Waals surface area contributed by atoms with E-state index in [4.69, 9.17) is 11.6 Å². The van der Waals surface area contributed by atoms with Crippen LogP contribution in [0, 0.1) is 0 Å². The zero-order chi connectivity index (χ0) is 22.5. The first-order valence-corrected chi connectivity index (χ1v) is 10.5. The fourth-order valence-corrected chi connectivity index (χ4v) is 4.00. The number of halogens is 1. The van der Waals surface area contributed by atoms with E-state index in [1.807, 2.05) is 44.0 Å².